The third-order valence-electron chi connectivity index (χ3n) is 2.97. The van der Waals surface area contributed by atoms with E-state index in [0.29, 0.717) is 12.1 Å². The minimum Gasteiger partial charge on any atom is -0.497 e. The third-order valence-corrected chi connectivity index (χ3v) is 3.64. The second-order valence-electron chi connectivity index (χ2n) is 4.27. The molecule has 2 rings (SSSR count). The summed E-state index contributed by atoms with van der Waals surface area (Å²) in [5.74, 6) is 0.844. The highest BCUT2D eigenvalue weighted by Gasteiger charge is 2.12. The van der Waals surface area contributed by atoms with E-state index in [9.17, 15) is 5.11 Å². The van der Waals surface area contributed by atoms with Crippen LogP contribution in [0.1, 0.15) is 23.8 Å². The SMILES string of the molecule is COc1ccc(CCC(O)c2ncccc2Br)cc1. The molecule has 2 aromatic rings. The Labute approximate surface area is 121 Å². The van der Waals surface area contributed by atoms with Crippen LogP contribution in [0.3, 0.4) is 0 Å². The summed E-state index contributed by atoms with van der Waals surface area (Å²) in [5.41, 5.74) is 1.86. The summed E-state index contributed by atoms with van der Waals surface area (Å²) in [4.78, 5) is 4.20. The summed E-state index contributed by atoms with van der Waals surface area (Å²) < 4.78 is 5.96. The van der Waals surface area contributed by atoms with Crippen LogP contribution in [0, 0.1) is 0 Å². The zero-order valence-corrected chi connectivity index (χ0v) is 12.3. The molecule has 1 unspecified atom stereocenters. The van der Waals surface area contributed by atoms with E-state index in [-0.39, 0.29) is 0 Å². The summed E-state index contributed by atoms with van der Waals surface area (Å²) >= 11 is 3.40. The highest BCUT2D eigenvalue weighted by Crippen LogP contribution is 2.24. The van der Waals surface area contributed by atoms with Crippen LogP contribution in [0.25, 0.3) is 0 Å². The number of methoxy groups -OCH3 is 1. The van der Waals surface area contributed by atoms with Crippen molar-refractivity contribution in [3.8, 4) is 5.75 Å². The van der Waals surface area contributed by atoms with Crippen LogP contribution >= 0.6 is 15.9 Å². The van der Waals surface area contributed by atoms with Gasteiger partial charge in [0, 0.05) is 10.7 Å². The standard InChI is InChI=1S/C15H16BrNO2/c1-19-12-7-4-11(5-8-12)6-9-14(18)15-13(16)3-2-10-17-15/h2-5,7-8,10,14,18H,6,9H2,1H3. The van der Waals surface area contributed by atoms with Crippen LogP contribution in [-0.2, 0) is 6.42 Å². The lowest BCUT2D eigenvalue weighted by Crippen LogP contribution is -2.03. The van der Waals surface area contributed by atoms with E-state index in [4.69, 9.17) is 4.74 Å². The first-order chi connectivity index (χ1) is 9.20. The molecule has 0 aliphatic heterocycles. The van der Waals surface area contributed by atoms with Gasteiger partial charge < -0.3 is 9.84 Å². The number of aliphatic hydroxyl groups is 1. The summed E-state index contributed by atoms with van der Waals surface area (Å²) in [7, 11) is 1.65. The van der Waals surface area contributed by atoms with Gasteiger partial charge in [-0.2, -0.15) is 0 Å². The molecule has 1 aromatic heterocycles. The van der Waals surface area contributed by atoms with Crippen LogP contribution in [0.15, 0.2) is 47.1 Å². The molecule has 1 N–H and O–H groups in total. The van der Waals surface area contributed by atoms with Gasteiger partial charge in [0.05, 0.1) is 18.9 Å². The van der Waals surface area contributed by atoms with Gasteiger partial charge in [-0.3, -0.25) is 4.98 Å². The van der Waals surface area contributed by atoms with Gasteiger partial charge in [-0.1, -0.05) is 12.1 Å². The third kappa shape index (κ3) is 3.78. The number of nitrogens with zero attached hydrogens (tertiary/aromatic N) is 1. The van der Waals surface area contributed by atoms with Gasteiger partial charge in [0.15, 0.2) is 0 Å². The molecular weight excluding hydrogens is 306 g/mol. The maximum Gasteiger partial charge on any atom is 0.118 e. The molecule has 0 spiro atoms. The molecule has 100 valence electrons. The highest BCUT2D eigenvalue weighted by atomic mass is 79.9. The Hall–Kier alpha value is -1.39. The van der Waals surface area contributed by atoms with Crippen molar-refractivity contribution in [1.82, 2.24) is 4.98 Å². The molecule has 1 atom stereocenters. The highest BCUT2D eigenvalue weighted by molar-refractivity contribution is 9.10. The number of ether oxygens (including phenoxy) is 1. The Morgan fingerprint density at radius 1 is 1.26 bits per heavy atom. The Bertz CT molecular complexity index is 528. The van der Waals surface area contributed by atoms with E-state index in [1.54, 1.807) is 13.3 Å². The van der Waals surface area contributed by atoms with E-state index < -0.39 is 6.10 Å². The smallest absolute Gasteiger partial charge is 0.118 e. The molecule has 0 radical (unpaired) electrons. The minimum absolute atomic E-state index is 0.558. The van der Waals surface area contributed by atoms with Gasteiger partial charge in [-0.15, -0.1) is 0 Å². The molecule has 19 heavy (non-hydrogen) atoms. The lowest BCUT2D eigenvalue weighted by Gasteiger charge is -2.11. The Morgan fingerprint density at radius 2 is 2.00 bits per heavy atom. The number of aliphatic hydroxyl groups excluding tert-OH is 1. The van der Waals surface area contributed by atoms with Gasteiger partial charge >= 0.3 is 0 Å². The molecule has 0 aliphatic carbocycles. The predicted octanol–water partition coefficient (Wildman–Crippen LogP) is 3.52. The van der Waals surface area contributed by atoms with Crippen molar-refractivity contribution < 1.29 is 9.84 Å². The summed E-state index contributed by atoms with van der Waals surface area (Å²) in [6.07, 6.45) is 2.57. The fraction of sp³-hybridized carbons (Fsp3) is 0.267. The number of benzene rings is 1. The molecular formula is C15H16BrNO2. The first-order valence-corrected chi connectivity index (χ1v) is 6.91. The number of hydrogen-bond donors (Lipinski definition) is 1. The van der Waals surface area contributed by atoms with Crippen LogP contribution in [0.4, 0.5) is 0 Å². The summed E-state index contributed by atoms with van der Waals surface area (Å²) in [6, 6.07) is 11.6. The molecule has 3 nitrogen and oxygen atoms in total. The number of pyridine rings is 1. The Kier molecular flexibility index (Phi) is 4.93. The van der Waals surface area contributed by atoms with E-state index in [1.807, 2.05) is 36.4 Å². The van der Waals surface area contributed by atoms with Crippen LogP contribution in [-0.4, -0.2) is 17.2 Å². The topological polar surface area (TPSA) is 42.4 Å². The van der Waals surface area contributed by atoms with Gasteiger partial charge in [0.25, 0.3) is 0 Å². The van der Waals surface area contributed by atoms with E-state index in [1.165, 1.54) is 5.56 Å². The first-order valence-electron chi connectivity index (χ1n) is 6.12. The van der Waals surface area contributed by atoms with E-state index in [0.717, 1.165) is 16.6 Å². The quantitative estimate of drug-likeness (QED) is 0.916. The van der Waals surface area contributed by atoms with Gasteiger partial charge in [0.2, 0.25) is 0 Å². The predicted molar refractivity (Wildman–Crippen MR) is 78.2 cm³/mol. The fourth-order valence-electron chi connectivity index (χ4n) is 1.88. The van der Waals surface area contributed by atoms with Crippen LogP contribution in [0.5, 0.6) is 5.75 Å². The Morgan fingerprint density at radius 3 is 2.63 bits per heavy atom. The molecule has 0 saturated heterocycles. The average molecular weight is 322 g/mol. The molecule has 0 saturated carbocycles. The van der Waals surface area contributed by atoms with Crippen molar-refractivity contribution in [2.75, 3.05) is 7.11 Å². The van der Waals surface area contributed by atoms with Crippen molar-refractivity contribution in [2.45, 2.75) is 18.9 Å². The molecule has 0 bridgehead atoms. The molecule has 0 aliphatic rings. The largest absolute Gasteiger partial charge is 0.497 e. The maximum absolute atomic E-state index is 10.1. The summed E-state index contributed by atoms with van der Waals surface area (Å²) in [5, 5.41) is 10.1. The van der Waals surface area contributed by atoms with E-state index >= 15 is 0 Å². The van der Waals surface area contributed by atoms with Gasteiger partial charge in [-0.05, 0) is 58.6 Å². The molecule has 0 amide bonds. The number of halogens is 1. The zero-order chi connectivity index (χ0) is 13.7. The van der Waals surface area contributed by atoms with Crippen molar-refractivity contribution in [1.29, 1.82) is 0 Å². The number of rotatable bonds is 5. The fourth-order valence-corrected chi connectivity index (χ4v) is 2.39. The number of hydrogen-bond acceptors (Lipinski definition) is 3. The second-order valence-corrected chi connectivity index (χ2v) is 5.13. The number of aryl methyl sites for hydroxylation is 1. The molecule has 0 fully saturated rings. The second kappa shape index (κ2) is 6.68. The van der Waals surface area contributed by atoms with Crippen molar-refractivity contribution in [3.63, 3.8) is 0 Å². The summed E-state index contributed by atoms with van der Waals surface area (Å²) in [6.45, 7) is 0. The van der Waals surface area contributed by atoms with Crippen molar-refractivity contribution in [2.24, 2.45) is 0 Å². The monoisotopic (exact) mass is 321 g/mol. The van der Waals surface area contributed by atoms with Crippen molar-refractivity contribution >= 4 is 15.9 Å². The Balaban J connectivity index is 1.96. The average Bonchev–Trinajstić information content (AvgIpc) is 2.46. The van der Waals surface area contributed by atoms with Gasteiger partial charge in [0.1, 0.15) is 5.75 Å². The first kappa shape index (κ1) is 14.0. The van der Waals surface area contributed by atoms with Crippen LogP contribution < -0.4 is 4.74 Å². The number of aromatic nitrogens is 1. The lowest BCUT2D eigenvalue weighted by molar-refractivity contribution is 0.162. The van der Waals surface area contributed by atoms with Gasteiger partial charge in [-0.25, -0.2) is 0 Å². The van der Waals surface area contributed by atoms with E-state index in [2.05, 4.69) is 20.9 Å². The normalized spacial score (nSPS) is 12.2. The minimum atomic E-state index is -0.558. The molecule has 1 heterocycles. The molecule has 4 heteroatoms. The maximum atomic E-state index is 10.1. The molecule has 1 aromatic carbocycles. The van der Waals surface area contributed by atoms with Crippen LogP contribution in [0.2, 0.25) is 0 Å². The van der Waals surface area contributed by atoms with Crippen molar-refractivity contribution in [3.05, 3.63) is 58.3 Å². The zero-order valence-electron chi connectivity index (χ0n) is 10.7. The lowest BCUT2D eigenvalue weighted by atomic mass is 10.0.